The molecule has 0 amide bonds. The van der Waals surface area contributed by atoms with Crippen LogP contribution in [0.5, 0.6) is 5.75 Å². The third kappa shape index (κ3) is 3.78. The highest BCUT2D eigenvalue weighted by Crippen LogP contribution is 2.39. The molecular weight excluding hydrogens is 491 g/mol. The van der Waals surface area contributed by atoms with Crippen LogP contribution in [0.2, 0.25) is 10.2 Å². The lowest BCUT2D eigenvalue weighted by Gasteiger charge is -2.22. The SMILES string of the molecule is Cn1c(Nc2cc3n(n2)CCCC3(F)F)nc2ncc(OC(=CN)c3nccnc3Cl)c(Cl)c21. The van der Waals surface area contributed by atoms with Gasteiger partial charge in [0.05, 0.1) is 6.20 Å². The van der Waals surface area contributed by atoms with Crippen molar-refractivity contribution in [1.29, 1.82) is 0 Å². The monoisotopic (exact) mass is 507 g/mol. The fourth-order valence-corrected chi connectivity index (χ4v) is 4.19. The molecule has 0 unspecified atom stereocenters. The van der Waals surface area contributed by atoms with Crippen LogP contribution >= 0.6 is 23.2 Å². The number of rotatable bonds is 5. The van der Waals surface area contributed by atoms with E-state index in [-0.39, 0.29) is 45.3 Å². The number of alkyl halides is 2. The smallest absolute Gasteiger partial charge is 0.289 e. The molecule has 0 atom stereocenters. The Kier molecular flexibility index (Phi) is 5.48. The van der Waals surface area contributed by atoms with E-state index in [9.17, 15) is 8.78 Å². The number of imidazole rings is 1. The van der Waals surface area contributed by atoms with Crippen LogP contribution in [0, 0.1) is 0 Å². The highest BCUT2D eigenvalue weighted by atomic mass is 35.5. The second-order valence-corrected chi connectivity index (χ2v) is 8.24. The topological polar surface area (TPSA) is 122 Å². The van der Waals surface area contributed by atoms with Gasteiger partial charge in [0.1, 0.15) is 21.9 Å². The molecule has 4 aromatic heterocycles. The van der Waals surface area contributed by atoms with E-state index in [4.69, 9.17) is 33.7 Å². The van der Waals surface area contributed by atoms with Crippen LogP contribution in [-0.2, 0) is 19.5 Å². The van der Waals surface area contributed by atoms with Crippen LogP contribution in [0.3, 0.4) is 0 Å². The Morgan fingerprint density at radius 2 is 2.06 bits per heavy atom. The van der Waals surface area contributed by atoms with Crippen LogP contribution in [0.15, 0.2) is 30.9 Å². The average Bonchev–Trinajstić information content (AvgIpc) is 3.36. The molecule has 0 fully saturated rings. The minimum Gasteiger partial charge on any atom is -0.450 e. The number of hydrogen-bond acceptors (Lipinski definition) is 8. The number of aromatic nitrogens is 7. The van der Waals surface area contributed by atoms with Crippen molar-refractivity contribution in [3.63, 3.8) is 0 Å². The summed E-state index contributed by atoms with van der Waals surface area (Å²) in [6, 6.07) is 1.32. The first-order chi connectivity index (χ1) is 16.3. The lowest BCUT2D eigenvalue weighted by atomic mass is 10.1. The maximum atomic E-state index is 14.2. The number of nitrogens with two attached hydrogens (primary N) is 1. The first-order valence-corrected chi connectivity index (χ1v) is 10.8. The lowest BCUT2D eigenvalue weighted by molar-refractivity contribution is -0.0364. The number of nitrogens with zero attached hydrogens (tertiary/aromatic N) is 7. The van der Waals surface area contributed by atoms with Crippen molar-refractivity contribution in [3.05, 3.63) is 52.4 Å². The molecule has 0 aromatic carbocycles. The maximum absolute atomic E-state index is 14.2. The Balaban J connectivity index is 1.47. The molecule has 0 spiro atoms. The van der Waals surface area contributed by atoms with Crippen molar-refractivity contribution in [3.8, 4) is 5.75 Å². The Bertz CT molecular complexity index is 1430. The third-order valence-corrected chi connectivity index (χ3v) is 5.96. The quantitative estimate of drug-likeness (QED) is 0.385. The summed E-state index contributed by atoms with van der Waals surface area (Å²) in [7, 11) is 1.69. The van der Waals surface area contributed by atoms with E-state index in [2.05, 4.69) is 30.4 Å². The fraction of sp³-hybridized carbons (Fsp3) is 0.250. The summed E-state index contributed by atoms with van der Waals surface area (Å²) in [4.78, 5) is 16.8. The van der Waals surface area contributed by atoms with Crippen LogP contribution in [0.4, 0.5) is 20.5 Å². The van der Waals surface area contributed by atoms with Gasteiger partial charge in [-0.2, -0.15) is 18.9 Å². The van der Waals surface area contributed by atoms with Crippen molar-refractivity contribution < 1.29 is 13.5 Å². The predicted octanol–water partition coefficient (Wildman–Crippen LogP) is 4.23. The van der Waals surface area contributed by atoms with Crippen LogP contribution in [0.1, 0.15) is 24.2 Å². The fourth-order valence-electron chi connectivity index (χ4n) is 3.70. The summed E-state index contributed by atoms with van der Waals surface area (Å²) in [6.07, 6.45) is 5.59. The molecule has 1 aliphatic rings. The van der Waals surface area contributed by atoms with E-state index in [1.165, 1.54) is 35.5 Å². The van der Waals surface area contributed by atoms with Gasteiger partial charge in [0.2, 0.25) is 5.95 Å². The number of aryl methyl sites for hydroxylation is 2. The number of fused-ring (bicyclic) bond motifs is 2. The molecule has 4 aromatic rings. The summed E-state index contributed by atoms with van der Waals surface area (Å²) in [5.74, 6) is -2.06. The number of nitrogens with one attached hydrogen (secondary N) is 1. The van der Waals surface area contributed by atoms with E-state index in [0.29, 0.717) is 30.1 Å². The van der Waals surface area contributed by atoms with Gasteiger partial charge in [-0.05, 0) is 6.42 Å². The van der Waals surface area contributed by atoms with E-state index < -0.39 is 5.92 Å². The summed E-state index contributed by atoms with van der Waals surface area (Å²) >= 11 is 12.7. The molecule has 34 heavy (non-hydrogen) atoms. The van der Waals surface area contributed by atoms with E-state index in [0.717, 1.165) is 0 Å². The first-order valence-electron chi connectivity index (χ1n) is 10.1. The minimum atomic E-state index is -2.92. The van der Waals surface area contributed by atoms with Gasteiger partial charge in [-0.3, -0.25) is 4.68 Å². The largest absolute Gasteiger partial charge is 0.450 e. The van der Waals surface area contributed by atoms with Gasteiger partial charge < -0.3 is 20.4 Å². The van der Waals surface area contributed by atoms with Crippen LogP contribution < -0.4 is 15.8 Å². The summed E-state index contributed by atoms with van der Waals surface area (Å²) < 4.78 is 37.1. The molecule has 0 aliphatic carbocycles. The van der Waals surface area contributed by atoms with Gasteiger partial charge in [-0.25, -0.2) is 15.0 Å². The normalized spacial score (nSPS) is 15.4. The van der Waals surface area contributed by atoms with E-state index in [1.54, 1.807) is 11.6 Å². The standard InChI is InChI=1S/C20H17Cl2F2N9O/c1-32-16-14(21)11(34-10(8-25)15-17(22)27-5-4-26-15)9-28-18(16)30-19(32)29-13-7-12-20(23,24)3-2-6-33(12)31-13/h4-5,7-9H,2-3,6,25H2,1H3,(H,28,29,30,31). The van der Waals surface area contributed by atoms with Crippen molar-refractivity contribution in [1.82, 2.24) is 34.3 Å². The third-order valence-electron chi connectivity index (χ3n) is 5.32. The Morgan fingerprint density at radius 1 is 1.26 bits per heavy atom. The first kappa shape index (κ1) is 22.3. The van der Waals surface area contributed by atoms with Gasteiger partial charge in [0, 0.05) is 44.7 Å². The molecule has 3 N–H and O–H groups in total. The van der Waals surface area contributed by atoms with Crippen molar-refractivity contribution in [2.24, 2.45) is 12.8 Å². The Labute approximate surface area is 201 Å². The predicted molar refractivity (Wildman–Crippen MR) is 122 cm³/mol. The minimum absolute atomic E-state index is 0.102. The number of ether oxygens (including phenoxy) is 1. The highest BCUT2D eigenvalue weighted by Gasteiger charge is 2.38. The highest BCUT2D eigenvalue weighted by molar-refractivity contribution is 6.36. The lowest BCUT2D eigenvalue weighted by Crippen LogP contribution is -2.25. The van der Waals surface area contributed by atoms with Crippen molar-refractivity contribution in [2.45, 2.75) is 25.3 Å². The maximum Gasteiger partial charge on any atom is 0.289 e. The van der Waals surface area contributed by atoms with Crippen LogP contribution in [-0.4, -0.2) is 34.3 Å². The molecule has 5 rings (SSSR count). The molecule has 0 radical (unpaired) electrons. The molecule has 10 nitrogen and oxygen atoms in total. The number of hydrogen-bond donors (Lipinski definition) is 2. The average molecular weight is 508 g/mol. The molecule has 0 saturated heterocycles. The molecular formula is C20H17Cl2F2N9O. The zero-order valence-corrected chi connectivity index (χ0v) is 19.1. The van der Waals surface area contributed by atoms with Gasteiger partial charge in [-0.15, -0.1) is 0 Å². The second kappa shape index (κ2) is 8.37. The molecule has 5 heterocycles. The molecule has 176 valence electrons. The van der Waals surface area contributed by atoms with E-state index >= 15 is 0 Å². The number of halogens is 4. The molecule has 0 bridgehead atoms. The van der Waals surface area contributed by atoms with Crippen molar-refractivity contribution in [2.75, 3.05) is 5.32 Å². The Hall–Kier alpha value is -3.51. The summed E-state index contributed by atoms with van der Waals surface area (Å²) in [5.41, 5.74) is 6.56. The molecule has 1 aliphatic heterocycles. The molecule has 0 saturated carbocycles. The van der Waals surface area contributed by atoms with Gasteiger partial charge in [-0.1, -0.05) is 23.2 Å². The number of pyridine rings is 1. The van der Waals surface area contributed by atoms with Gasteiger partial charge in [0.25, 0.3) is 5.92 Å². The number of anilines is 2. The zero-order chi connectivity index (χ0) is 24.0. The second-order valence-electron chi connectivity index (χ2n) is 7.50. The molecule has 14 heteroatoms. The zero-order valence-electron chi connectivity index (χ0n) is 17.6. The Morgan fingerprint density at radius 3 is 2.79 bits per heavy atom. The van der Waals surface area contributed by atoms with Crippen LogP contribution in [0.25, 0.3) is 16.9 Å². The van der Waals surface area contributed by atoms with Crippen molar-refractivity contribution >= 4 is 51.9 Å². The van der Waals surface area contributed by atoms with E-state index in [1.807, 2.05) is 0 Å². The summed E-state index contributed by atoms with van der Waals surface area (Å²) in [6.45, 7) is 0.427. The van der Waals surface area contributed by atoms with Gasteiger partial charge >= 0.3 is 0 Å². The summed E-state index contributed by atoms with van der Waals surface area (Å²) in [5, 5.41) is 7.50. The van der Waals surface area contributed by atoms with Gasteiger partial charge in [0.15, 0.2) is 28.1 Å².